The van der Waals surface area contributed by atoms with Crippen LogP contribution in [-0.2, 0) is 34.4 Å². The number of fused-ring (bicyclic) bond motifs is 3. The van der Waals surface area contributed by atoms with E-state index in [0.717, 1.165) is 82.1 Å². The lowest BCUT2D eigenvalue weighted by Crippen LogP contribution is -2.39. The normalized spacial score (nSPS) is 16.9. The van der Waals surface area contributed by atoms with Gasteiger partial charge in [0.15, 0.2) is 10.8 Å². The molecule has 4 aromatic carbocycles. The van der Waals surface area contributed by atoms with E-state index in [1.54, 1.807) is 11.7 Å². The van der Waals surface area contributed by atoms with Crippen LogP contribution in [-0.4, -0.2) is 91.6 Å². The van der Waals surface area contributed by atoms with Crippen LogP contribution in [0.5, 0.6) is 5.75 Å². The molecule has 17 heteroatoms. The van der Waals surface area contributed by atoms with Crippen molar-refractivity contribution in [3.8, 4) is 16.9 Å². The van der Waals surface area contributed by atoms with Gasteiger partial charge in [-0.2, -0.15) is 5.10 Å². The maximum atomic E-state index is 13.7. The highest BCUT2D eigenvalue weighted by molar-refractivity contribution is 7.22. The summed E-state index contributed by atoms with van der Waals surface area (Å²) in [5.41, 5.74) is 7.29. The first kappa shape index (κ1) is 47.2. The molecule has 2 atom stereocenters. The SMILES string of the molecule is Cc1c(OC(C)CCC2CCN(CC(=O)Nc3cccc4c(C5CCC(=O)NC5=O)nn(C)c34)CC2)cccc1-c1ccc(N2CCc3cccc(C(=O)Nc4nc5ccccc5s4)c3C2)nc1C(=O)O. The molecular weight excluding hydrogens is 919 g/mol. The number of carboxylic acid groups (broad SMARTS) is 1. The van der Waals surface area contributed by atoms with E-state index < -0.39 is 11.9 Å². The van der Waals surface area contributed by atoms with Crippen molar-refractivity contribution in [3.63, 3.8) is 0 Å². The smallest absolute Gasteiger partial charge is 0.355 e. The van der Waals surface area contributed by atoms with E-state index in [1.807, 2.05) is 103 Å². The van der Waals surface area contributed by atoms with Gasteiger partial charge in [-0.15, -0.1) is 0 Å². The lowest BCUT2D eigenvalue weighted by Gasteiger charge is -2.32. The van der Waals surface area contributed by atoms with Gasteiger partial charge in [0, 0.05) is 43.1 Å². The molecule has 7 aromatic rings. The van der Waals surface area contributed by atoms with Crippen LogP contribution in [0.3, 0.4) is 0 Å². The number of likely N-dealkylation sites (tertiary alicyclic amines) is 1. The number of anilines is 3. The van der Waals surface area contributed by atoms with Crippen LogP contribution >= 0.6 is 11.3 Å². The fourth-order valence-corrected chi connectivity index (χ4v) is 11.2. The first-order chi connectivity index (χ1) is 34.4. The zero-order valence-corrected chi connectivity index (χ0v) is 40.7. The summed E-state index contributed by atoms with van der Waals surface area (Å²) >= 11 is 1.43. The first-order valence-corrected chi connectivity index (χ1v) is 25.0. The number of benzene rings is 4. The van der Waals surface area contributed by atoms with Crippen LogP contribution in [0.15, 0.2) is 91.0 Å². The quantitative estimate of drug-likeness (QED) is 0.0759. The van der Waals surface area contributed by atoms with Crippen LogP contribution in [0, 0.1) is 12.8 Å². The van der Waals surface area contributed by atoms with E-state index in [0.29, 0.717) is 71.1 Å². The van der Waals surface area contributed by atoms with Gasteiger partial charge in [0.25, 0.3) is 5.91 Å². The van der Waals surface area contributed by atoms with E-state index in [2.05, 4.69) is 37.9 Å². The number of ether oxygens (including phenoxy) is 1. The number of carboxylic acids is 1. The number of para-hydroxylation sites is 2. The maximum absolute atomic E-state index is 13.7. The van der Waals surface area contributed by atoms with Gasteiger partial charge in [0.2, 0.25) is 17.7 Å². The third kappa shape index (κ3) is 9.97. The molecule has 3 aliphatic rings. The molecule has 6 heterocycles. The van der Waals surface area contributed by atoms with E-state index in [-0.39, 0.29) is 48.4 Å². The standard InChI is InChI=1S/C54H55N9O7S/c1-31(17-18-33-23-26-62(27-24-33)30-47(65)55-42-14-7-12-38-48(60-61(3)50(38)42)39-20-22-46(64)58-52(39)67)70-43-15-8-10-35(32(43)2)36-19-21-45(57-49(36)53(68)69)63-28-25-34-9-6-11-37(40(34)29-63)51(66)59-54-56-41-13-4-5-16-44(41)71-54/h4-16,19,21,31,33,39H,17-18,20,22-30H2,1-3H3,(H,55,65)(H,68,69)(H,56,59,66)(H,58,64,67). The van der Waals surface area contributed by atoms with Gasteiger partial charge in [0.1, 0.15) is 11.6 Å². The molecule has 0 bridgehead atoms. The number of nitrogens with one attached hydrogen (secondary N) is 3. The van der Waals surface area contributed by atoms with Gasteiger partial charge in [-0.3, -0.25) is 39.4 Å². The summed E-state index contributed by atoms with van der Waals surface area (Å²) in [6.07, 6.45) is 4.98. The van der Waals surface area contributed by atoms with E-state index in [9.17, 15) is 29.1 Å². The van der Waals surface area contributed by atoms with Gasteiger partial charge in [-0.1, -0.05) is 59.9 Å². The zero-order chi connectivity index (χ0) is 49.3. The van der Waals surface area contributed by atoms with Crippen LogP contribution in [0.2, 0.25) is 0 Å². The third-order valence-corrected chi connectivity index (χ3v) is 15.1. The van der Waals surface area contributed by atoms with Crippen molar-refractivity contribution in [1.82, 2.24) is 30.0 Å². The molecule has 2 saturated heterocycles. The molecule has 2 fully saturated rings. The molecule has 364 valence electrons. The number of aryl methyl sites for hydroxylation is 1. The predicted molar refractivity (Wildman–Crippen MR) is 273 cm³/mol. The van der Waals surface area contributed by atoms with Crippen molar-refractivity contribution in [2.75, 3.05) is 41.7 Å². The Morgan fingerprint density at radius 1 is 0.887 bits per heavy atom. The number of rotatable bonds is 14. The van der Waals surface area contributed by atoms with Gasteiger partial charge in [-0.05, 0) is 136 Å². The maximum Gasteiger partial charge on any atom is 0.355 e. The van der Waals surface area contributed by atoms with Crippen molar-refractivity contribution in [1.29, 1.82) is 0 Å². The summed E-state index contributed by atoms with van der Waals surface area (Å²) in [6, 6.07) is 28.5. The van der Waals surface area contributed by atoms with Gasteiger partial charge in [0.05, 0.1) is 45.7 Å². The molecule has 0 radical (unpaired) electrons. The molecule has 0 spiro atoms. The van der Waals surface area contributed by atoms with E-state index in [4.69, 9.17) is 9.72 Å². The van der Waals surface area contributed by atoms with Crippen LogP contribution < -0.4 is 25.6 Å². The number of carbonyl (C=O) groups excluding carboxylic acids is 4. The molecule has 2 unspecified atom stereocenters. The minimum Gasteiger partial charge on any atom is -0.490 e. The molecule has 0 saturated carbocycles. The van der Waals surface area contributed by atoms with Crippen LogP contribution in [0.1, 0.15) is 94.6 Å². The average Bonchev–Trinajstić information content (AvgIpc) is 3.94. The number of amides is 4. The summed E-state index contributed by atoms with van der Waals surface area (Å²) in [7, 11) is 1.79. The van der Waals surface area contributed by atoms with Crippen molar-refractivity contribution < 1.29 is 33.8 Å². The Balaban J connectivity index is 0.731. The van der Waals surface area contributed by atoms with Crippen molar-refractivity contribution in [2.24, 2.45) is 13.0 Å². The highest BCUT2D eigenvalue weighted by Gasteiger charge is 2.33. The fourth-order valence-electron chi connectivity index (χ4n) is 10.4. The Hall–Kier alpha value is -7.50. The number of imide groups is 1. The Morgan fingerprint density at radius 2 is 1.69 bits per heavy atom. The first-order valence-electron chi connectivity index (χ1n) is 24.2. The largest absolute Gasteiger partial charge is 0.490 e. The molecule has 4 N–H and O–H groups in total. The molecule has 10 rings (SSSR count). The highest BCUT2D eigenvalue weighted by atomic mass is 32.1. The number of aromatic nitrogens is 4. The monoisotopic (exact) mass is 973 g/mol. The van der Waals surface area contributed by atoms with E-state index >= 15 is 0 Å². The van der Waals surface area contributed by atoms with E-state index in [1.165, 1.54) is 11.3 Å². The molecule has 71 heavy (non-hydrogen) atoms. The Bertz CT molecular complexity index is 3200. The number of nitrogens with zero attached hydrogens (tertiary/aromatic N) is 6. The molecule has 3 aliphatic heterocycles. The van der Waals surface area contributed by atoms with Crippen molar-refractivity contribution in [2.45, 2.75) is 77.4 Å². The second-order valence-corrected chi connectivity index (χ2v) is 19.9. The molecular formula is C54H55N9O7S. The summed E-state index contributed by atoms with van der Waals surface area (Å²) < 4.78 is 9.21. The second kappa shape index (κ2) is 20.1. The number of thiazole rings is 1. The topological polar surface area (TPSA) is 201 Å². The van der Waals surface area contributed by atoms with Crippen molar-refractivity contribution in [3.05, 3.63) is 125 Å². The summed E-state index contributed by atoms with van der Waals surface area (Å²) in [4.78, 5) is 77.8. The minimum absolute atomic E-state index is 0.0568. The average molecular weight is 974 g/mol. The Labute approximate surface area is 414 Å². The molecule has 3 aromatic heterocycles. The number of pyridine rings is 1. The number of hydrogen-bond donors (Lipinski definition) is 4. The third-order valence-electron chi connectivity index (χ3n) is 14.1. The predicted octanol–water partition coefficient (Wildman–Crippen LogP) is 8.49. The summed E-state index contributed by atoms with van der Waals surface area (Å²) in [5, 5.41) is 25.0. The Morgan fingerprint density at radius 3 is 2.49 bits per heavy atom. The molecule has 4 amide bonds. The summed E-state index contributed by atoms with van der Waals surface area (Å²) in [6.45, 7) is 6.88. The summed E-state index contributed by atoms with van der Waals surface area (Å²) in [5.74, 6) is -0.944. The van der Waals surface area contributed by atoms with Gasteiger partial charge in [-0.25, -0.2) is 14.8 Å². The lowest BCUT2D eigenvalue weighted by atomic mass is 9.91. The number of hydrogen-bond acceptors (Lipinski definition) is 12. The Kier molecular flexibility index (Phi) is 13.3. The van der Waals surface area contributed by atoms with Crippen molar-refractivity contribution >= 4 is 78.7 Å². The molecule has 0 aliphatic carbocycles. The highest BCUT2D eigenvalue weighted by Crippen LogP contribution is 2.37. The van der Waals surface area contributed by atoms with Crippen LogP contribution in [0.25, 0.3) is 32.2 Å². The van der Waals surface area contributed by atoms with Gasteiger partial charge >= 0.3 is 5.97 Å². The zero-order valence-electron chi connectivity index (χ0n) is 39.9. The van der Waals surface area contributed by atoms with Gasteiger partial charge < -0.3 is 20.1 Å². The minimum atomic E-state index is -1.13. The number of aromatic carboxylic acids is 1. The fraction of sp³-hybridized carbons (Fsp3) is 0.333. The number of carbonyl (C=O) groups is 5. The van der Waals surface area contributed by atoms with Crippen LogP contribution in [0.4, 0.5) is 16.6 Å². The lowest BCUT2D eigenvalue weighted by molar-refractivity contribution is -0.134. The number of piperidine rings is 2. The second-order valence-electron chi connectivity index (χ2n) is 18.8. The molecule has 16 nitrogen and oxygen atoms in total.